The van der Waals surface area contributed by atoms with Crippen molar-refractivity contribution in [2.24, 2.45) is 0 Å². The smallest absolute Gasteiger partial charge is 0.264 e. The van der Waals surface area contributed by atoms with Gasteiger partial charge in [-0.15, -0.1) is 0 Å². The molecule has 4 heteroatoms. The van der Waals surface area contributed by atoms with E-state index in [2.05, 4.69) is 32.0 Å². The highest BCUT2D eigenvalue weighted by atomic mass is 16.3. The lowest BCUT2D eigenvalue weighted by atomic mass is 9.88. The Bertz CT molecular complexity index is 1460. The van der Waals surface area contributed by atoms with Gasteiger partial charge in [-0.25, -0.2) is 0 Å². The zero-order chi connectivity index (χ0) is 26.2. The van der Waals surface area contributed by atoms with Crippen LogP contribution < -0.4 is 4.90 Å². The van der Waals surface area contributed by atoms with E-state index in [9.17, 15) is 14.7 Å². The van der Waals surface area contributed by atoms with Crippen LogP contribution in [0.25, 0.3) is 11.1 Å². The highest BCUT2D eigenvalue weighted by Gasteiger charge is 2.50. The third-order valence-electron chi connectivity index (χ3n) is 7.34. The van der Waals surface area contributed by atoms with Gasteiger partial charge in [0.25, 0.3) is 5.91 Å². The summed E-state index contributed by atoms with van der Waals surface area (Å²) in [5, 5.41) is 11.7. The number of aliphatic hydroxyl groups is 1. The predicted molar refractivity (Wildman–Crippen MR) is 148 cm³/mol. The molecule has 1 unspecified atom stereocenters. The van der Waals surface area contributed by atoms with Crippen LogP contribution in [0, 0.1) is 6.92 Å². The Morgan fingerprint density at radius 2 is 1.51 bits per heavy atom. The van der Waals surface area contributed by atoms with Gasteiger partial charge < -0.3 is 10.0 Å². The van der Waals surface area contributed by atoms with Gasteiger partial charge in [-0.1, -0.05) is 105 Å². The molecule has 0 radical (unpaired) electrons. The molecule has 5 rings (SSSR count). The van der Waals surface area contributed by atoms with E-state index in [1.165, 1.54) is 5.56 Å². The SMILES string of the molecule is Cc1ccc(C(C)C)cc1CN1C(=O)C(O)(CC(=O)c2ccc(-c3ccccc3)cc2)c2ccccc21. The van der Waals surface area contributed by atoms with Crippen molar-refractivity contribution in [3.63, 3.8) is 0 Å². The Kier molecular flexibility index (Phi) is 6.53. The summed E-state index contributed by atoms with van der Waals surface area (Å²) in [5.41, 5.74) is 5.07. The lowest BCUT2D eigenvalue weighted by Gasteiger charge is -2.24. The summed E-state index contributed by atoms with van der Waals surface area (Å²) in [4.78, 5) is 28.7. The maximum Gasteiger partial charge on any atom is 0.264 e. The Hall–Kier alpha value is -4.02. The summed E-state index contributed by atoms with van der Waals surface area (Å²) in [5.74, 6) is -0.369. The summed E-state index contributed by atoms with van der Waals surface area (Å²) in [6, 6.07) is 30.8. The number of amides is 1. The molecule has 0 saturated heterocycles. The molecule has 4 aromatic rings. The van der Waals surface area contributed by atoms with Crippen LogP contribution >= 0.6 is 0 Å². The number of nitrogens with zero attached hydrogens (tertiary/aromatic N) is 1. The second-order valence-electron chi connectivity index (χ2n) is 10.2. The lowest BCUT2D eigenvalue weighted by molar-refractivity contribution is -0.136. The highest BCUT2D eigenvalue weighted by Crippen LogP contribution is 2.44. The molecule has 0 bridgehead atoms. The van der Waals surface area contributed by atoms with Gasteiger partial charge in [0.05, 0.1) is 18.7 Å². The van der Waals surface area contributed by atoms with Crippen molar-refractivity contribution in [2.45, 2.75) is 45.3 Å². The third-order valence-corrected chi connectivity index (χ3v) is 7.34. The number of fused-ring (bicyclic) bond motifs is 1. The van der Waals surface area contributed by atoms with E-state index in [1.807, 2.05) is 61.5 Å². The molecular weight excluding hydrogens is 458 g/mol. The number of hydrogen-bond donors (Lipinski definition) is 1. The molecule has 4 nitrogen and oxygen atoms in total. The molecular formula is C33H31NO3. The first kappa shape index (κ1) is 24.7. The van der Waals surface area contributed by atoms with Crippen molar-refractivity contribution in [3.8, 4) is 11.1 Å². The minimum absolute atomic E-state index is 0.273. The summed E-state index contributed by atoms with van der Waals surface area (Å²) in [7, 11) is 0. The Morgan fingerprint density at radius 3 is 2.22 bits per heavy atom. The number of aryl methyl sites for hydroxylation is 1. The van der Waals surface area contributed by atoms with Crippen molar-refractivity contribution in [2.75, 3.05) is 4.90 Å². The molecule has 37 heavy (non-hydrogen) atoms. The summed E-state index contributed by atoms with van der Waals surface area (Å²) in [6.07, 6.45) is -0.310. The fourth-order valence-electron chi connectivity index (χ4n) is 5.04. The van der Waals surface area contributed by atoms with Gasteiger partial charge in [-0.3, -0.25) is 9.59 Å². The van der Waals surface area contributed by atoms with E-state index in [0.717, 1.165) is 22.3 Å². The zero-order valence-electron chi connectivity index (χ0n) is 21.4. The molecule has 1 aliphatic heterocycles. The van der Waals surface area contributed by atoms with E-state index in [0.29, 0.717) is 29.3 Å². The first-order valence-electron chi connectivity index (χ1n) is 12.7. The van der Waals surface area contributed by atoms with Crippen molar-refractivity contribution < 1.29 is 14.7 Å². The van der Waals surface area contributed by atoms with Gasteiger partial charge in [0.2, 0.25) is 0 Å². The van der Waals surface area contributed by atoms with E-state index in [-0.39, 0.29) is 12.2 Å². The van der Waals surface area contributed by atoms with Crippen molar-refractivity contribution >= 4 is 17.4 Å². The van der Waals surface area contributed by atoms with Crippen molar-refractivity contribution in [1.29, 1.82) is 0 Å². The molecule has 4 aromatic carbocycles. The normalized spacial score (nSPS) is 16.8. The maximum atomic E-state index is 13.7. The first-order chi connectivity index (χ1) is 17.8. The number of benzene rings is 4. The molecule has 0 spiro atoms. The molecule has 0 saturated carbocycles. The molecule has 1 amide bonds. The number of anilines is 1. The number of hydrogen-bond acceptors (Lipinski definition) is 3. The van der Waals surface area contributed by atoms with Gasteiger partial charge in [0, 0.05) is 11.1 Å². The van der Waals surface area contributed by atoms with E-state index >= 15 is 0 Å². The fraction of sp³-hybridized carbons (Fsp3) is 0.212. The van der Waals surface area contributed by atoms with Crippen LogP contribution in [0.5, 0.6) is 0 Å². The average molecular weight is 490 g/mol. The first-order valence-corrected chi connectivity index (χ1v) is 12.7. The van der Waals surface area contributed by atoms with Gasteiger partial charge in [-0.05, 0) is 46.7 Å². The minimum Gasteiger partial charge on any atom is -0.375 e. The number of rotatable bonds is 7. The maximum absolute atomic E-state index is 13.7. The van der Waals surface area contributed by atoms with E-state index in [4.69, 9.17) is 0 Å². The second kappa shape index (κ2) is 9.79. The molecule has 186 valence electrons. The van der Waals surface area contributed by atoms with Crippen molar-refractivity contribution in [1.82, 2.24) is 0 Å². The van der Waals surface area contributed by atoms with Crippen LogP contribution in [-0.4, -0.2) is 16.8 Å². The summed E-state index contributed by atoms with van der Waals surface area (Å²) in [6.45, 7) is 6.65. The lowest BCUT2D eigenvalue weighted by Crippen LogP contribution is -2.41. The number of carbonyl (C=O) groups is 2. The quantitative estimate of drug-likeness (QED) is 0.291. The summed E-state index contributed by atoms with van der Waals surface area (Å²) < 4.78 is 0. The van der Waals surface area contributed by atoms with Gasteiger partial charge >= 0.3 is 0 Å². The third kappa shape index (κ3) is 4.61. The van der Waals surface area contributed by atoms with Gasteiger partial charge in [-0.2, -0.15) is 0 Å². The van der Waals surface area contributed by atoms with Gasteiger partial charge in [0.15, 0.2) is 11.4 Å². The van der Waals surface area contributed by atoms with Crippen LogP contribution in [0.1, 0.15) is 58.8 Å². The molecule has 1 atom stereocenters. The molecule has 1 aliphatic rings. The van der Waals surface area contributed by atoms with E-state index in [1.54, 1.807) is 29.2 Å². The second-order valence-corrected chi connectivity index (χ2v) is 10.2. The van der Waals surface area contributed by atoms with Crippen LogP contribution in [0.15, 0.2) is 97.1 Å². The fourth-order valence-corrected chi connectivity index (χ4v) is 5.04. The monoisotopic (exact) mass is 489 g/mol. The minimum atomic E-state index is -1.91. The Labute approximate surface area is 218 Å². The number of carbonyl (C=O) groups excluding carboxylic acids is 2. The highest BCUT2D eigenvalue weighted by molar-refractivity contribution is 6.10. The standard InChI is InChI=1S/C33H31NO3/c1-22(2)27-14-13-23(3)28(19-27)21-34-30-12-8-7-11-29(30)33(37,32(34)36)20-31(35)26-17-15-25(16-18-26)24-9-5-4-6-10-24/h4-19,22,37H,20-21H2,1-3H3. The summed E-state index contributed by atoms with van der Waals surface area (Å²) >= 11 is 0. The predicted octanol–water partition coefficient (Wildman–Crippen LogP) is 6.79. The van der Waals surface area contributed by atoms with Crippen LogP contribution in [0.3, 0.4) is 0 Å². The van der Waals surface area contributed by atoms with Crippen LogP contribution in [0.2, 0.25) is 0 Å². The average Bonchev–Trinajstić information content (AvgIpc) is 3.12. The molecule has 0 fully saturated rings. The van der Waals surface area contributed by atoms with Crippen LogP contribution in [-0.2, 0) is 16.9 Å². The largest absolute Gasteiger partial charge is 0.375 e. The molecule has 1 N–H and O–H groups in total. The Balaban J connectivity index is 1.42. The Morgan fingerprint density at radius 1 is 0.865 bits per heavy atom. The van der Waals surface area contributed by atoms with E-state index < -0.39 is 11.5 Å². The topological polar surface area (TPSA) is 57.6 Å². The van der Waals surface area contributed by atoms with Gasteiger partial charge in [0.1, 0.15) is 0 Å². The number of para-hydroxylation sites is 1. The van der Waals surface area contributed by atoms with Crippen molar-refractivity contribution in [3.05, 3.63) is 125 Å². The number of Topliss-reactive ketones (excluding diaryl/α,β-unsaturated/α-hetero) is 1. The zero-order valence-corrected chi connectivity index (χ0v) is 21.4. The number of ketones is 1. The molecule has 1 heterocycles. The molecule has 0 aromatic heterocycles. The van der Waals surface area contributed by atoms with Crippen LogP contribution in [0.4, 0.5) is 5.69 Å². The molecule has 0 aliphatic carbocycles.